The lowest BCUT2D eigenvalue weighted by Crippen LogP contribution is -2.52. The number of hydrogen-bond acceptors (Lipinski definition) is 2. The SMILES string of the molecule is CCCNC1(CC(N)=O)CC(C)CC(C)C1. The highest BCUT2D eigenvalue weighted by Gasteiger charge is 2.38. The van der Waals surface area contributed by atoms with E-state index in [0.717, 1.165) is 25.8 Å². The predicted molar refractivity (Wildman–Crippen MR) is 67.0 cm³/mol. The second kappa shape index (κ2) is 5.67. The first kappa shape index (κ1) is 13.5. The number of nitrogens with one attached hydrogen (secondary N) is 1. The van der Waals surface area contributed by atoms with Crippen LogP contribution in [0.4, 0.5) is 0 Å². The fourth-order valence-corrected chi connectivity index (χ4v) is 3.35. The number of amides is 1. The molecule has 16 heavy (non-hydrogen) atoms. The maximum atomic E-state index is 11.2. The minimum absolute atomic E-state index is 0.0288. The van der Waals surface area contributed by atoms with Crippen LogP contribution < -0.4 is 11.1 Å². The maximum Gasteiger partial charge on any atom is 0.219 e. The molecule has 0 heterocycles. The summed E-state index contributed by atoms with van der Waals surface area (Å²) in [6, 6.07) is 0. The van der Waals surface area contributed by atoms with E-state index in [0.29, 0.717) is 18.3 Å². The van der Waals surface area contributed by atoms with E-state index in [-0.39, 0.29) is 11.4 Å². The van der Waals surface area contributed by atoms with Gasteiger partial charge in [0.05, 0.1) is 0 Å². The number of carbonyl (C=O) groups excluding carboxylic acids is 1. The number of primary amides is 1. The summed E-state index contributed by atoms with van der Waals surface area (Å²) in [5.74, 6) is 1.20. The second-order valence-corrected chi connectivity index (χ2v) is 5.70. The average molecular weight is 226 g/mol. The van der Waals surface area contributed by atoms with Gasteiger partial charge in [0.1, 0.15) is 0 Å². The number of rotatable bonds is 5. The average Bonchev–Trinajstić information content (AvgIpc) is 2.11. The first-order valence-corrected chi connectivity index (χ1v) is 6.51. The third-order valence-electron chi connectivity index (χ3n) is 3.55. The van der Waals surface area contributed by atoms with E-state index in [1.807, 2.05) is 0 Å². The Labute approximate surface area is 99.2 Å². The lowest BCUT2D eigenvalue weighted by Gasteiger charge is -2.43. The summed E-state index contributed by atoms with van der Waals surface area (Å²) in [5.41, 5.74) is 5.36. The van der Waals surface area contributed by atoms with Gasteiger partial charge in [0.15, 0.2) is 0 Å². The van der Waals surface area contributed by atoms with E-state index in [9.17, 15) is 4.79 Å². The maximum absolute atomic E-state index is 11.2. The van der Waals surface area contributed by atoms with Crippen LogP contribution in [0.15, 0.2) is 0 Å². The van der Waals surface area contributed by atoms with Crippen LogP contribution in [0, 0.1) is 11.8 Å². The summed E-state index contributed by atoms with van der Waals surface area (Å²) in [6.07, 6.45) is 5.03. The van der Waals surface area contributed by atoms with Gasteiger partial charge >= 0.3 is 0 Å². The molecule has 1 rings (SSSR count). The van der Waals surface area contributed by atoms with E-state index < -0.39 is 0 Å². The van der Waals surface area contributed by atoms with Gasteiger partial charge < -0.3 is 11.1 Å². The zero-order valence-electron chi connectivity index (χ0n) is 10.9. The van der Waals surface area contributed by atoms with Crippen LogP contribution in [0.2, 0.25) is 0 Å². The highest BCUT2D eigenvalue weighted by molar-refractivity contribution is 5.75. The quantitative estimate of drug-likeness (QED) is 0.754. The lowest BCUT2D eigenvalue weighted by molar-refractivity contribution is -0.120. The Morgan fingerprint density at radius 2 is 1.94 bits per heavy atom. The second-order valence-electron chi connectivity index (χ2n) is 5.70. The molecule has 2 unspecified atom stereocenters. The summed E-state index contributed by atoms with van der Waals surface area (Å²) in [6.45, 7) is 7.69. The minimum Gasteiger partial charge on any atom is -0.370 e. The summed E-state index contributed by atoms with van der Waals surface area (Å²) >= 11 is 0. The molecule has 1 aliphatic rings. The Kier molecular flexibility index (Phi) is 4.78. The molecule has 0 spiro atoms. The van der Waals surface area contributed by atoms with Gasteiger partial charge in [-0.25, -0.2) is 0 Å². The summed E-state index contributed by atoms with van der Waals surface area (Å²) in [4.78, 5) is 11.2. The molecule has 2 atom stereocenters. The van der Waals surface area contributed by atoms with Crippen LogP contribution in [-0.2, 0) is 4.79 Å². The van der Waals surface area contributed by atoms with E-state index in [1.54, 1.807) is 0 Å². The van der Waals surface area contributed by atoms with E-state index >= 15 is 0 Å². The molecule has 3 nitrogen and oxygen atoms in total. The van der Waals surface area contributed by atoms with Gasteiger partial charge in [-0.15, -0.1) is 0 Å². The number of hydrogen-bond donors (Lipinski definition) is 2. The van der Waals surface area contributed by atoms with Crippen molar-refractivity contribution in [2.75, 3.05) is 6.54 Å². The van der Waals surface area contributed by atoms with Crippen molar-refractivity contribution >= 4 is 5.91 Å². The fourth-order valence-electron chi connectivity index (χ4n) is 3.35. The monoisotopic (exact) mass is 226 g/mol. The van der Waals surface area contributed by atoms with Crippen LogP contribution in [0.3, 0.4) is 0 Å². The predicted octanol–water partition coefficient (Wildman–Crippen LogP) is 2.06. The van der Waals surface area contributed by atoms with Crippen molar-refractivity contribution in [3.63, 3.8) is 0 Å². The molecular formula is C13H26N2O. The van der Waals surface area contributed by atoms with Crippen LogP contribution in [-0.4, -0.2) is 18.0 Å². The largest absolute Gasteiger partial charge is 0.370 e. The molecule has 1 fully saturated rings. The normalized spacial score (nSPS) is 34.9. The molecule has 0 aliphatic heterocycles. The molecule has 0 aromatic carbocycles. The van der Waals surface area contributed by atoms with Gasteiger partial charge in [-0.3, -0.25) is 4.79 Å². The van der Waals surface area contributed by atoms with Gasteiger partial charge in [0.2, 0.25) is 5.91 Å². The van der Waals surface area contributed by atoms with Crippen LogP contribution in [0.1, 0.15) is 52.9 Å². The Morgan fingerprint density at radius 1 is 1.38 bits per heavy atom. The van der Waals surface area contributed by atoms with Crippen molar-refractivity contribution in [2.45, 2.75) is 58.4 Å². The Hall–Kier alpha value is -0.570. The minimum atomic E-state index is -0.176. The zero-order chi connectivity index (χ0) is 12.2. The Balaban J connectivity index is 2.71. The molecule has 0 radical (unpaired) electrons. The first-order chi connectivity index (χ1) is 7.47. The Bertz CT molecular complexity index is 230. The molecule has 1 amide bonds. The first-order valence-electron chi connectivity index (χ1n) is 6.51. The van der Waals surface area contributed by atoms with Crippen molar-refractivity contribution in [2.24, 2.45) is 17.6 Å². The molecular weight excluding hydrogens is 200 g/mol. The lowest BCUT2D eigenvalue weighted by atomic mass is 9.70. The van der Waals surface area contributed by atoms with Crippen molar-refractivity contribution in [3.8, 4) is 0 Å². The van der Waals surface area contributed by atoms with Gasteiger partial charge in [-0.05, 0) is 44.1 Å². The standard InChI is InChI=1S/C13H26N2O/c1-4-5-15-13(9-12(14)16)7-10(2)6-11(3)8-13/h10-11,15H,4-9H2,1-3H3,(H2,14,16). The highest BCUT2D eigenvalue weighted by atomic mass is 16.1. The molecule has 94 valence electrons. The van der Waals surface area contributed by atoms with E-state index in [2.05, 4.69) is 26.1 Å². The van der Waals surface area contributed by atoms with Crippen LogP contribution >= 0.6 is 0 Å². The molecule has 1 aliphatic carbocycles. The van der Waals surface area contributed by atoms with Crippen molar-refractivity contribution in [1.82, 2.24) is 5.32 Å². The molecule has 1 saturated carbocycles. The Morgan fingerprint density at radius 3 is 2.38 bits per heavy atom. The summed E-state index contributed by atoms with van der Waals surface area (Å²) in [5, 5.41) is 3.58. The molecule has 0 bridgehead atoms. The third kappa shape index (κ3) is 3.78. The number of nitrogens with two attached hydrogens (primary N) is 1. The van der Waals surface area contributed by atoms with Gasteiger partial charge in [-0.2, -0.15) is 0 Å². The van der Waals surface area contributed by atoms with Gasteiger partial charge in [0.25, 0.3) is 0 Å². The molecule has 3 heteroatoms. The topological polar surface area (TPSA) is 55.1 Å². The smallest absolute Gasteiger partial charge is 0.219 e. The third-order valence-corrected chi connectivity index (χ3v) is 3.55. The van der Waals surface area contributed by atoms with E-state index in [4.69, 9.17) is 5.73 Å². The van der Waals surface area contributed by atoms with Crippen molar-refractivity contribution in [1.29, 1.82) is 0 Å². The highest BCUT2D eigenvalue weighted by Crippen LogP contribution is 2.37. The van der Waals surface area contributed by atoms with Crippen LogP contribution in [0.25, 0.3) is 0 Å². The fraction of sp³-hybridized carbons (Fsp3) is 0.923. The van der Waals surface area contributed by atoms with Gasteiger partial charge in [0, 0.05) is 12.0 Å². The van der Waals surface area contributed by atoms with Gasteiger partial charge in [-0.1, -0.05) is 20.8 Å². The van der Waals surface area contributed by atoms with Crippen molar-refractivity contribution in [3.05, 3.63) is 0 Å². The zero-order valence-corrected chi connectivity index (χ0v) is 10.9. The summed E-state index contributed by atoms with van der Waals surface area (Å²) < 4.78 is 0. The van der Waals surface area contributed by atoms with Crippen molar-refractivity contribution < 1.29 is 4.79 Å². The molecule has 0 saturated heterocycles. The molecule has 3 N–H and O–H groups in total. The summed E-state index contributed by atoms with van der Waals surface area (Å²) in [7, 11) is 0. The number of carbonyl (C=O) groups is 1. The van der Waals surface area contributed by atoms with E-state index in [1.165, 1.54) is 6.42 Å². The molecule has 0 aromatic heterocycles. The van der Waals surface area contributed by atoms with Crippen LogP contribution in [0.5, 0.6) is 0 Å². The molecule has 0 aromatic rings.